The quantitative estimate of drug-likeness (QED) is 0.145. The van der Waals surface area contributed by atoms with Gasteiger partial charge in [0.2, 0.25) is 0 Å². The molecule has 0 bridgehead atoms. The molecular weight excluding hydrogens is 757 g/mol. The van der Waals surface area contributed by atoms with Crippen LogP contribution in [0.3, 0.4) is 0 Å². The van der Waals surface area contributed by atoms with Crippen LogP contribution in [0.5, 0.6) is 0 Å². The molecule has 0 nitrogen and oxygen atoms in total. The number of benzene rings is 2. The Kier molecular flexibility index (Phi) is 23.5. The smallest absolute Gasteiger partial charge is 1.00 e. The van der Waals surface area contributed by atoms with Crippen LogP contribution in [0.25, 0.3) is 21.5 Å². The van der Waals surface area contributed by atoms with Gasteiger partial charge in [-0.15, -0.1) is 81.2 Å². The van der Waals surface area contributed by atoms with Gasteiger partial charge in [-0.05, 0) is 12.8 Å². The molecule has 0 fully saturated rings. The van der Waals surface area contributed by atoms with E-state index in [9.17, 15) is 0 Å². The van der Waals surface area contributed by atoms with Crippen LogP contribution in [-0.4, -0.2) is 9.52 Å². The van der Waals surface area contributed by atoms with Crippen molar-refractivity contribution in [1.82, 2.24) is 0 Å². The molecular formula is C32H45I2SiZr. The van der Waals surface area contributed by atoms with Crippen molar-refractivity contribution in [1.29, 1.82) is 0 Å². The molecule has 1 radical (unpaired) electrons. The summed E-state index contributed by atoms with van der Waals surface area (Å²) in [6.45, 7) is 13.5. The molecule has 0 atom stereocenters. The van der Waals surface area contributed by atoms with Crippen molar-refractivity contribution in [2.45, 2.75) is 92.2 Å². The van der Waals surface area contributed by atoms with Gasteiger partial charge < -0.3 is 48.0 Å². The number of hydrogen-bond acceptors (Lipinski definition) is 0. The molecule has 4 aromatic rings. The molecule has 0 saturated heterocycles. The van der Waals surface area contributed by atoms with Crippen molar-refractivity contribution in [3.63, 3.8) is 0 Å². The van der Waals surface area contributed by atoms with Gasteiger partial charge in [-0.25, -0.2) is 0 Å². The summed E-state index contributed by atoms with van der Waals surface area (Å²) in [4.78, 5) is 0. The Bertz CT molecular complexity index is 994. The first-order chi connectivity index (χ1) is 16.1. The van der Waals surface area contributed by atoms with Gasteiger partial charge in [-0.1, -0.05) is 91.4 Å². The second-order valence-corrected chi connectivity index (χ2v) is 11.3. The summed E-state index contributed by atoms with van der Waals surface area (Å²) >= 11 is 0. The number of unbranched alkanes of at least 4 members (excludes halogenated alkanes) is 2. The first kappa shape index (κ1) is 38.4. The van der Waals surface area contributed by atoms with Gasteiger partial charge in [0.05, 0.1) is 0 Å². The van der Waals surface area contributed by atoms with Gasteiger partial charge in [0.25, 0.3) is 0 Å². The molecule has 4 rings (SSSR count). The van der Waals surface area contributed by atoms with E-state index >= 15 is 0 Å². The third-order valence-corrected chi connectivity index (χ3v) is 7.68. The van der Waals surface area contributed by atoms with Crippen molar-refractivity contribution in [3.8, 4) is 0 Å². The molecule has 0 spiro atoms. The van der Waals surface area contributed by atoms with Crippen molar-refractivity contribution in [2.75, 3.05) is 0 Å². The van der Waals surface area contributed by atoms with E-state index in [2.05, 4.69) is 102 Å². The fraction of sp³-hybridized carbons (Fsp3) is 0.438. The molecule has 0 aliphatic carbocycles. The number of aryl methyl sites for hydroxylation is 4. The van der Waals surface area contributed by atoms with Gasteiger partial charge in [0.1, 0.15) is 0 Å². The molecule has 0 heterocycles. The molecule has 4 aromatic carbocycles. The second kappa shape index (κ2) is 22.1. The van der Waals surface area contributed by atoms with Crippen molar-refractivity contribution in [3.05, 3.63) is 82.9 Å². The Hall–Kier alpha value is 0.220. The minimum absolute atomic E-state index is 0. The molecule has 0 aromatic heterocycles. The molecule has 0 aliphatic heterocycles. The third-order valence-electron chi connectivity index (χ3n) is 6.53. The van der Waals surface area contributed by atoms with Gasteiger partial charge >= 0.3 is 26.2 Å². The fourth-order valence-electron chi connectivity index (χ4n) is 4.41. The van der Waals surface area contributed by atoms with Crippen molar-refractivity contribution >= 4 is 31.1 Å². The first-order valence-electron chi connectivity index (χ1n) is 13.2. The molecule has 4 heteroatoms. The van der Waals surface area contributed by atoms with E-state index in [0.717, 1.165) is 9.52 Å². The maximum atomic E-state index is 2.35. The SMILES string of the molecule is CCCCc1[cH-]c2ccccc2c1C.CCCCc1[cH-]c2ccccc2c1C.CC[SiH]CC.[I-].[I-].[Zr+4]. The van der Waals surface area contributed by atoms with Gasteiger partial charge in [0, 0.05) is 9.52 Å². The van der Waals surface area contributed by atoms with Crippen LogP contribution in [0.15, 0.2) is 60.7 Å². The second-order valence-electron chi connectivity index (χ2n) is 9.08. The maximum Gasteiger partial charge on any atom is 4.00 e. The van der Waals surface area contributed by atoms with Crippen LogP contribution in [0.4, 0.5) is 0 Å². The van der Waals surface area contributed by atoms with E-state index in [0.29, 0.717) is 0 Å². The Balaban J connectivity index is 0. The van der Waals surface area contributed by atoms with E-state index in [1.54, 1.807) is 0 Å². The van der Waals surface area contributed by atoms with Crippen LogP contribution in [0.1, 0.15) is 75.6 Å². The Morgan fingerprint density at radius 3 is 1.25 bits per heavy atom. The minimum atomic E-state index is 0. The summed E-state index contributed by atoms with van der Waals surface area (Å²) in [5, 5.41) is 5.66. The average molecular weight is 803 g/mol. The Morgan fingerprint density at radius 2 is 0.972 bits per heavy atom. The molecule has 195 valence electrons. The largest absolute Gasteiger partial charge is 4.00 e. The zero-order chi connectivity index (χ0) is 24.1. The molecule has 0 saturated carbocycles. The number of hydrogen-bond donors (Lipinski definition) is 0. The van der Waals surface area contributed by atoms with Crippen molar-refractivity contribution < 1.29 is 74.2 Å². The zero-order valence-corrected chi connectivity index (χ0v) is 31.2. The molecule has 0 amide bonds. The summed E-state index contributed by atoms with van der Waals surface area (Å²) in [7, 11) is 0.815. The zero-order valence-electron chi connectivity index (χ0n) is 23.3. The number of rotatable bonds is 8. The third kappa shape index (κ3) is 11.9. The maximum absolute atomic E-state index is 2.35. The first-order valence-corrected chi connectivity index (χ1v) is 14.8. The molecule has 0 unspecified atom stereocenters. The van der Waals surface area contributed by atoms with E-state index in [-0.39, 0.29) is 74.2 Å². The Labute approximate surface area is 277 Å². The van der Waals surface area contributed by atoms with Crippen LogP contribution in [0, 0.1) is 13.8 Å². The number of fused-ring (bicyclic) bond motifs is 2. The van der Waals surface area contributed by atoms with Crippen LogP contribution >= 0.6 is 0 Å². The summed E-state index contributed by atoms with van der Waals surface area (Å²) in [6.07, 6.45) is 7.63. The Morgan fingerprint density at radius 1 is 0.611 bits per heavy atom. The van der Waals surface area contributed by atoms with E-state index in [1.165, 1.54) is 94.4 Å². The minimum Gasteiger partial charge on any atom is -1.00 e. The number of halogens is 2. The van der Waals surface area contributed by atoms with Gasteiger partial charge in [-0.3, -0.25) is 0 Å². The summed E-state index contributed by atoms with van der Waals surface area (Å²) in [6, 6.07) is 24.9. The van der Waals surface area contributed by atoms with E-state index < -0.39 is 0 Å². The van der Waals surface area contributed by atoms with E-state index in [4.69, 9.17) is 0 Å². The van der Waals surface area contributed by atoms with Crippen LogP contribution in [-0.2, 0) is 39.0 Å². The fourth-order valence-corrected chi connectivity index (χ4v) is 4.99. The standard InChI is InChI=1S/2C14H17.C4H11Si.2HI.Zr/c2*1-3-4-7-12-10-13-8-5-6-9-14(13)11(12)2;1-3-5-4-2;;;/h2*5-6,8-10H,3-4,7H2,1-2H3;5H,3-4H2,1-2H3;2*1H;/q2*-1;;;;+4/p-2. The molecule has 0 N–H and O–H groups in total. The normalized spacial score (nSPS) is 9.72. The van der Waals surface area contributed by atoms with Gasteiger partial charge in [0.15, 0.2) is 0 Å². The summed E-state index contributed by atoms with van der Waals surface area (Å²) in [5.74, 6) is 0. The summed E-state index contributed by atoms with van der Waals surface area (Å²) in [5.41, 5.74) is 6.03. The van der Waals surface area contributed by atoms with Crippen LogP contribution in [0.2, 0.25) is 12.1 Å². The monoisotopic (exact) mass is 801 g/mol. The van der Waals surface area contributed by atoms with Gasteiger partial charge in [-0.2, -0.15) is 11.1 Å². The topological polar surface area (TPSA) is 0 Å². The predicted molar refractivity (Wildman–Crippen MR) is 154 cm³/mol. The van der Waals surface area contributed by atoms with Crippen LogP contribution < -0.4 is 48.0 Å². The predicted octanol–water partition coefficient (Wildman–Crippen LogP) is 3.72. The van der Waals surface area contributed by atoms with E-state index in [1.807, 2.05) is 0 Å². The molecule has 0 aliphatic rings. The summed E-state index contributed by atoms with van der Waals surface area (Å²) < 4.78 is 0. The molecule has 36 heavy (non-hydrogen) atoms. The van der Waals surface area contributed by atoms with Crippen molar-refractivity contribution in [2.24, 2.45) is 0 Å². The average Bonchev–Trinajstić information content (AvgIpc) is 3.34.